The molecule has 2 fully saturated rings. The Morgan fingerprint density at radius 2 is 1.96 bits per heavy atom. The van der Waals surface area contributed by atoms with E-state index in [2.05, 4.69) is 27.3 Å². The van der Waals surface area contributed by atoms with Gasteiger partial charge in [0.1, 0.15) is 5.54 Å². The van der Waals surface area contributed by atoms with Gasteiger partial charge in [0.2, 0.25) is 5.91 Å². The SMILES string of the molecule is Cc1nn(C)c2nc(N3CCC4(CC3)C(=O)NCCCN4C)sc12. The number of rotatable bonds is 1. The molecule has 0 radical (unpaired) electrons. The molecular weight excluding hydrogens is 324 g/mol. The number of aryl methyl sites for hydroxylation is 2. The number of carbonyl (C=O) groups is 1. The quantitative estimate of drug-likeness (QED) is 0.837. The number of likely N-dealkylation sites (N-methyl/N-ethyl adjacent to an activating group) is 1. The average Bonchev–Trinajstić information content (AvgIpc) is 3.09. The van der Waals surface area contributed by atoms with E-state index in [-0.39, 0.29) is 11.4 Å². The van der Waals surface area contributed by atoms with E-state index in [4.69, 9.17) is 4.98 Å². The van der Waals surface area contributed by atoms with Crippen LogP contribution in [0.5, 0.6) is 0 Å². The van der Waals surface area contributed by atoms with E-state index in [1.54, 1.807) is 11.3 Å². The molecule has 0 atom stereocenters. The number of nitrogens with one attached hydrogen (secondary N) is 1. The van der Waals surface area contributed by atoms with Crippen LogP contribution < -0.4 is 10.2 Å². The summed E-state index contributed by atoms with van der Waals surface area (Å²) >= 11 is 1.71. The van der Waals surface area contributed by atoms with E-state index >= 15 is 0 Å². The lowest BCUT2D eigenvalue weighted by Gasteiger charge is -2.44. The monoisotopic (exact) mass is 348 g/mol. The zero-order valence-corrected chi connectivity index (χ0v) is 15.3. The normalized spacial score (nSPS) is 22.1. The molecule has 2 aromatic heterocycles. The minimum Gasteiger partial charge on any atom is -0.354 e. The predicted molar refractivity (Wildman–Crippen MR) is 95.6 cm³/mol. The molecule has 2 aromatic rings. The van der Waals surface area contributed by atoms with E-state index < -0.39 is 0 Å². The number of amides is 1. The van der Waals surface area contributed by atoms with Gasteiger partial charge in [0.15, 0.2) is 10.8 Å². The fourth-order valence-corrected chi connectivity index (χ4v) is 5.04. The number of fused-ring (bicyclic) bond motifs is 1. The Labute approximate surface area is 145 Å². The molecule has 4 heterocycles. The second kappa shape index (κ2) is 5.70. The molecule has 7 nitrogen and oxygen atoms in total. The van der Waals surface area contributed by atoms with Gasteiger partial charge < -0.3 is 10.2 Å². The highest BCUT2D eigenvalue weighted by atomic mass is 32.1. The molecular formula is C16H24N6OS. The minimum atomic E-state index is -0.346. The summed E-state index contributed by atoms with van der Waals surface area (Å²) in [5.74, 6) is 0.200. The highest BCUT2D eigenvalue weighted by molar-refractivity contribution is 7.22. The number of carbonyl (C=O) groups excluding carboxylic acids is 1. The molecule has 8 heteroatoms. The van der Waals surface area contributed by atoms with Gasteiger partial charge in [-0.15, -0.1) is 0 Å². The van der Waals surface area contributed by atoms with Gasteiger partial charge in [-0.05, 0) is 33.2 Å². The molecule has 0 saturated carbocycles. The summed E-state index contributed by atoms with van der Waals surface area (Å²) in [5, 5.41) is 8.57. The second-order valence-corrected chi connectivity index (χ2v) is 7.89. The Morgan fingerprint density at radius 1 is 1.21 bits per heavy atom. The Hall–Kier alpha value is -1.67. The van der Waals surface area contributed by atoms with Crippen LogP contribution in [0.2, 0.25) is 0 Å². The van der Waals surface area contributed by atoms with Gasteiger partial charge in [-0.1, -0.05) is 11.3 Å². The number of hydrogen-bond donors (Lipinski definition) is 1. The van der Waals surface area contributed by atoms with Gasteiger partial charge in [0.05, 0.1) is 10.4 Å². The first kappa shape index (κ1) is 15.8. The Bertz CT molecular complexity index is 738. The fraction of sp³-hybridized carbons (Fsp3) is 0.688. The van der Waals surface area contributed by atoms with Crippen molar-refractivity contribution < 1.29 is 4.79 Å². The van der Waals surface area contributed by atoms with Gasteiger partial charge in [0.25, 0.3) is 0 Å². The predicted octanol–water partition coefficient (Wildman–Crippen LogP) is 1.13. The number of thiazole rings is 1. The standard InChI is InChI=1S/C16H24N6OS/c1-11-12-13(21(3)19-11)18-15(24-12)22-9-5-16(6-10-22)14(23)17-7-4-8-20(16)2/h4-10H2,1-3H3,(H,17,23). The summed E-state index contributed by atoms with van der Waals surface area (Å²) in [6, 6.07) is 0. The van der Waals surface area contributed by atoms with E-state index in [0.29, 0.717) is 0 Å². The van der Waals surface area contributed by atoms with Gasteiger partial charge in [0, 0.05) is 33.2 Å². The van der Waals surface area contributed by atoms with Crippen molar-refractivity contribution in [2.24, 2.45) is 7.05 Å². The zero-order chi connectivity index (χ0) is 16.9. The van der Waals surface area contributed by atoms with E-state index in [1.165, 1.54) is 0 Å². The molecule has 1 N–H and O–H groups in total. The molecule has 2 aliphatic rings. The number of aromatic nitrogens is 3. The van der Waals surface area contributed by atoms with Gasteiger partial charge in [-0.3, -0.25) is 9.69 Å². The highest BCUT2D eigenvalue weighted by Gasteiger charge is 2.45. The third-order valence-electron chi connectivity index (χ3n) is 5.50. The van der Waals surface area contributed by atoms with Gasteiger partial charge in [-0.2, -0.15) is 5.10 Å². The van der Waals surface area contributed by atoms with Crippen molar-refractivity contribution in [3.63, 3.8) is 0 Å². The van der Waals surface area contributed by atoms with Crippen molar-refractivity contribution in [3.8, 4) is 0 Å². The Kier molecular flexibility index (Phi) is 3.76. The van der Waals surface area contributed by atoms with Crippen molar-refractivity contribution in [1.29, 1.82) is 0 Å². The maximum Gasteiger partial charge on any atom is 0.240 e. The van der Waals surface area contributed by atoms with E-state index in [9.17, 15) is 4.79 Å². The molecule has 0 aliphatic carbocycles. The van der Waals surface area contributed by atoms with Crippen molar-refractivity contribution in [3.05, 3.63) is 5.69 Å². The van der Waals surface area contributed by atoms with Crippen LogP contribution in [0.3, 0.4) is 0 Å². The number of hydrogen-bond acceptors (Lipinski definition) is 6. The van der Waals surface area contributed by atoms with Crippen LogP contribution in [-0.4, -0.2) is 64.3 Å². The van der Waals surface area contributed by atoms with E-state index in [1.807, 2.05) is 18.7 Å². The summed E-state index contributed by atoms with van der Waals surface area (Å²) in [4.78, 5) is 22.0. The first-order chi connectivity index (χ1) is 11.5. The number of nitrogens with zero attached hydrogens (tertiary/aromatic N) is 5. The van der Waals surface area contributed by atoms with Crippen LogP contribution in [0.25, 0.3) is 10.3 Å². The van der Waals surface area contributed by atoms with Crippen LogP contribution in [0.15, 0.2) is 0 Å². The number of anilines is 1. The molecule has 4 rings (SSSR count). The van der Waals surface area contributed by atoms with Crippen LogP contribution >= 0.6 is 11.3 Å². The lowest BCUT2D eigenvalue weighted by Crippen LogP contribution is -2.61. The largest absolute Gasteiger partial charge is 0.354 e. The van der Waals surface area contributed by atoms with Gasteiger partial charge >= 0.3 is 0 Å². The maximum absolute atomic E-state index is 12.6. The van der Waals surface area contributed by atoms with Crippen molar-refractivity contribution >= 4 is 32.7 Å². The molecule has 130 valence electrons. The summed E-state index contributed by atoms with van der Waals surface area (Å²) in [7, 11) is 4.03. The highest BCUT2D eigenvalue weighted by Crippen LogP contribution is 2.36. The maximum atomic E-state index is 12.6. The Morgan fingerprint density at radius 3 is 2.67 bits per heavy atom. The molecule has 0 aromatic carbocycles. The second-order valence-electron chi connectivity index (χ2n) is 6.91. The lowest BCUT2D eigenvalue weighted by molar-refractivity contribution is -0.133. The molecule has 24 heavy (non-hydrogen) atoms. The van der Waals surface area contributed by atoms with Crippen molar-refractivity contribution in [2.75, 3.05) is 38.1 Å². The van der Waals surface area contributed by atoms with Crippen molar-refractivity contribution in [2.45, 2.75) is 31.7 Å². The zero-order valence-electron chi connectivity index (χ0n) is 14.5. The number of piperidine rings is 1. The van der Waals surface area contributed by atoms with Crippen molar-refractivity contribution in [1.82, 2.24) is 25.0 Å². The smallest absolute Gasteiger partial charge is 0.240 e. The van der Waals surface area contributed by atoms with Crippen LogP contribution in [0.4, 0.5) is 5.13 Å². The van der Waals surface area contributed by atoms with Gasteiger partial charge in [-0.25, -0.2) is 9.67 Å². The third-order valence-corrected chi connectivity index (χ3v) is 6.72. The molecule has 1 spiro atoms. The summed E-state index contributed by atoms with van der Waals surface area (Å²) in [6.45, 7) is 5.53. The summed E-state index contributed by atoms with van der Waals surface area (Å²) < 4.78 is 3.01. The summed E-state index contributed by atoms with van der Waals surface area (Å²) in [5.41, 5.74) is 1.64. The first-order valence-corrected chi connectivity index (χ1v) is 9.37. The molecule has 0 unspecified atom stereocenters. The molecule has 2 saturated heterocycles. The molecule has 0 bridgehead atoms. The topological polar surface area (TPSA) is 66.3 Å². The third kappa shape index (κ3) is 2.31. The van der Waals surface area contributed by atoms with Crippen LogP contribution in [0.1, 0.15) is 25.0 Å². The Balaban J connectivity index is 1.56. The lowest BCUT2D eigenvalue weighted by atomic mass is 9.85. The summed E-state index contributed by atoms with van der Waals surface area (Å²) in [6.07, 6.45) is 2.73. The van der Waals surface area contributed by atoms with Crippen LogP contribution in [0, 0.1) is 6.92 Å². The minimum absolute atomic E-state index is 0.200. The average molecular weight is 348 g/mol. The van der Waals surface area contributed by atoms with E-state index in [0.717, 1.165) is 66.6 Å². The van der Waals surface area contributed by atoms with Crippen LogP contribution in [-0.2, 0) is 11.8 Å². The molecule has 1 amide bonds. The fourth-order valence-electron chi connectivity index (χ4n) is 3.96. The first-order valence-electron chi connectivity index (χ1n) is 8.56. The molecule has 2 aliphatic heterocycles.